The van der Waals surface area contributed by atoms with E-state index in [0.29, 0.717) is 32.7 Å². The predicted octanol–water partition coefficient (Wildman–Crippen LogP) is 4.01. The Balaban J connectivity index is 1.45. The second kappa shape index (κ2) is 9.39. The lowest BCUT2D eigenvalue weighted by Gasteiger charge is -2.33. The summed E-state index contributed by atoms with van der Waals surface area (Å²) in [5, 5.41) is 0. The van der Waals surface area contributed by atoms with Crippen LogP contribution in [0.2, 0.25) is 0 Å². The number of nitrogens with zero attached hydrogens (tertiary/aromatic N) is 1. The van der Waals surface area contributed by atoms with Crippen molar-refractivity contribution in [1.82, 2.24) is 4.90 Å². The van der Waals surface area contributed by atoms with Crippen molar-refractivity contribution in [3.63, 3.8) is 0 Å². The molecule has 0 aliphatic carbocycles. The Kier molecular flexibility index (Phi) is 6.67. The van der Waals surface area contributed by atoms with Crippen molar-refractivity contribution in [3.8, 4) is 5.75 Å². The van der Waals surface area contributed by atoms with Crippen molar-refractivity contribution < 1.29 is 14.3 Å². The molecule has 1 heterocycles. The molecule has 2 aromatic carbocycles. The van der Waals surface area contributed by atoms with Crippen LogP contribution < -0.4 is 4.74 Å². The smallest absolute Gasteiger partial charge is 0.222 e. The minimum absolute atomic E-state index is 0.0285. The maximum atomic E-state index is 12.5. The van der Waals surface area contributed by atoms with E-state index in [1.165, 1.54) is 5.56 Å². The van der Waals surface area contributed by atoms with E-state index in [2.05, 4.69) is 31.2 Å². The van der Waals surface area contributed by atoms with E-state index in [9.17, 15) is 4.79 Å². The van der Waals surface area contributed by atoms with Gasteiger partial charge in [-0.05, 0) is 36.1 Å². The zero-order chi connectivity index (χ0) is 18.2. The largest absolute Gasteiger partial charge is 0.494 e. The maximum absolute atomic E-state index is 12.5. The molecule has 1 fully saturated rings. The standard InChI is InChI=1S/C22H27NO3/c1-2-18-10-12-19(13-11-18)21-17-23(14-16-26-21)22(24)9-6-15-25-20-7-4-3-5-8-20/h3-5,7-8,10-13,21H,2,6,9,14-17H2,1H3. The van der Waals surface area contributed by atoms with Crippen LogP contribution in [0.1, 0.15) is 37.0 Å². The quantitative estimate of drug-likeness (QED) is 0.706. The number of morpholine rings is 1. The first-order valence-electron chi connectivity index (χ1n) is 9.42. The fourth-order valence-corrected chi connectivity index (χ4v) is 3.13. The van der Waals surface area contributed by atoms with Crippen LogP contribution in [0.4, 0.5) is 0 Å². The predicted molar refractivity (Wildman–Crippen MR) is 102 cm³/mol. The van der Waals surface area contributed by atoms with Gasteiger partial charge < -0.3 is 14.4 Å². The molecule has 138 valence electrons. The lowest BCUT2D eigenvalue weighted by molar-refractivity contribution is -0.139. The highest BCUT2D eigenvalue weighted by Crippen LogP contribution is 2.23. The Morgan fingerprint density at radius 2 is 1.92 bits per heavy atom. The molecule has 26 heavy (non-hydrogen) atoms. The molecule has 4 heteroatoms. The van der Waals surface area contributed by atoms with Gasteiger partial charge in [-0.1, -0.05) is 49.4 Å². The number of para-hydroxylation sites is 1. The van der Waals surface area contributed by atoms with E-state index in [4.69, 9.17) is 9.47 Å². The van der Waals surface area contributed by atoms with Gasteiger partial charge in [0.2, 0.25) is 5.91 Å². The van der Waals surface area contributed by atoms with Crippen LogP contribution in [-0.2, 0) is 16.0 Å². The summed E-state index contributed by atoms with van der Waals surface area (Å²) in [7, 11) is 0. The highest BCUT2D eigenvalue weighted by molar-refractivity contribution is 5.76. The fourth-order valence-electron chi connectivity index (χ4n) is 3.13. The molecule has 1 amide bonds. The van der Waals surface area contributed by atoms with Crippen LogP contribution in [0.5, 0.6) is 5.75 Å². The molecule has 2 aromatic rings. The zero-order valence-corrected chi connectivity index (χ0v) is 15.4. The molecule has 0 radical (unpaired) electrons. The molecule has 0 aromatic heterocycles. The fraction of sp³-hybridized carbons (Fsp3) is 0.409. The molecule has 1 saturated heterocycles. The molecular formula is C22H27NO3. The Morgan fingerprint density at radius 1 is 1.15 bits per heavy atom. The Labute approximate surface area is 155 Å². The first-order chi connectivity index (χ1) is 12.8. The van der Waals surface area contributed by atoms with Gasteiger partial charge in [0.05, 0.1) is 19.8 Å². The van der Waals surface area contributed by atoms with Gasteiger partial charge >= 0.3 is 0 Å². The van der Waals surface area contributed by atoms with Crippen LogP contribution in [0.3, 0.4) is 0 Å². The van der Waals surface area contributed by atoms with E-state index in [-0.39, 0.29) is 12.0 Å². The van der Waals surface area contributed by atoms with Gasteiger partial charge in [0.25, 0.3) is 0 Å². The highest BCUT2D eigenvalue weighted by atomic mass is 16.5. The molecule has 1 aliphatic rings. The van der Waals surface area contributed by atoms with Gasteiger partial charge in [-0.3, -0.25) is 4.79 Å². The first kappa shape index (κ1) is 18.5. The van der Waals surface area contributed by atoms with E-state index in [0.717, 1.165) is 24.2 Å². The average Bonchev–Trinajstić information content (AvgIpc) is 2.72. The summed E-state index contributed by atoms with van der Waals surface area (Å²) < 4.78 is 11.5. The molecule has 1 unspecified atom stereocenters. The van der Waals surface area contributed by atoms with Crippen LogP contribution in [0.15, 0.2) is 54.6 Å². The van der Waals surface area contributed by atoms with Gasteiger partial charge in [-0.2, -0.15) is 0 Å². The average molecular weight is 353 g/mol. The summed E-state index contributed by atoms with van der Waals surface area (Å²) in [5.41, 5.74) is 2.46. The number of hydrogen-bond donors (Lipinski definition) is 0. The summed E-state index contributed by atoms with van der Waals surface area (Å²) in [6.45, 7) is 4.59. The Bertz CT molecular complexity index is 684. The second-order valence-corrected chi connectivity index (χ2v) is 6.56. The first-order valence-corrected chi connectivity index (χ1v) is 9.42. The third kappa shape index (κ3) is 5.09. The second-order valence-electron chi connectivity index (χ2n) is 6.56. The van der Waals surface area contributed by atoms with Crippen molar-refractivity contribution in [1.29, 1.82) is 0 Å². The van der Waals surface area contributed by atoms with Crippen LogP contribution in [0, 0.1) is 0 Å². The summed E-state index contributed by atoms with van der Waals surface area (Å²) in [6, 6.07) is 18.2. The molecule has 3 rings (SSSR count). The van der Waals surface area contributed by atoms with E-state index < -0.39 is 0 Å². The number of amides is 1. The molecule has 1 atom stereocenters. The van der Waals surface area contributed by atoms with E-state index >= 15 is 0 Å². The van der Waals surface area contributed by atoms with E-state index in [1.807, 2.05) is 35.2 Å². The van der Waals surface area contributed by atoms with Crippen LogP contribution >= 0.6 is 0 Å². The minimum atomic E-state index is -0.0285. The van der Waals surface area contributed by atoms with Gasteiger partial charge in [0.1, 0.15) is 11.9 Å². The van der Waals surface area contributed by atoms with Gasteiger partial charge in [-0.25, -0.2) is 0 Å². The number of carbonyl (C=O) groups excluding carboxylic acids is 1. The van der Waals surface area contributed by atoms with Crippen molar-refractivity contribution in [2.45, 2.75) is 32.3 Å². The summed E-state index contributed by atoms with van der Waals surface area (Å²) >= 11 is 0. The Hall–Kier alpha value is -2.33. The van der Waals surface area contributed by atoms with Crippen LogP contribution in [-0.4, -0.2) is 37.1 Å². The monoisotopic (exact) mass is 353 g/mol. The number of benzene rings is 2. The number of hydrogen-bond acceptors (Lipinski definition) is 3. The number of rotatable bonds is 7. The molecule has 1 aliphatic heterocycles. The molecule has 0 spiro atoms. The zero-order valence-electron chi connectivity index (χ0n) is 15.4. The summed E-state index contributed by atoms with van der Waals surface area (Å²) in [5.74, 6) is 1.03. The maximum Gasteiger partial charge on any atom is 0.222 e. The third-order valence-electron chi connectivity index (χ3n) is 4.73. The molecule has 0 N–H and O–H groups in total. The summed E-state index contributed by atoms with van der Waals surface area (Å²) in [4.78, 5) is 14.4. The number of ether oxygens (including phenoxy) is 2. The summed E-state index contributed by atoms with van der Waals surface area (Å²) in [6.07, 6.45) is 2.23. The molecule has 0 bridgehead atoms. The van der Waals surface area contributed by atoms with Crippen LogP contribution in [0.25, 0.3) is 0 Å². The van der Waals surface area contributed by atoms with Crippen molar-refractivity contribution >= 4 is 5.91 Å². The highest BCUT2D eigenvalue weighted by Gasteiger charge is 2.25. The van der Waals surface area contributed by atoms with Crippen molar-refractivity contribution in [3.05, 3.63) is 65.7 Å². The minimum Gasteiger partial charge on any atom is -0.494 e. The lowest BCUT2D eigenvalue weighted by Crippen LogP contribution is -2.42. The third-order valence-corrected chi connectivity index (χ3v) is 4.73. The van der Waals surface area contributed by atoms with Crippen molar-refractivity contribution in [2.24, 2.45) is 0 Å². The topological polar surface area (TPSA) is 38.8 Å². The Morgan fingerprint density at radius 3 is 2.65 bits per heavy atom. The van der Waals surface area contributed by atoms with Gasteiger partial charge in [-0.15, -0.1) is 0 Å². The van der Waals surface area contributed by atoms with Gasteiger partial charge in [0, 0.05) is 13.0 Å². The van der Waals surface area contributed by atoms with E-state index in [1.54, 1.807) is 0 Å². The lowest BCUT2D eigenvalue weighted by atomic mass is 10.0. The molecule has 0 saturated carbocycles. The molecular weight excluding hydrogens is 326 g/mol. The van der Waals surface area contributed by atoms with Gasteiger partial charge in [0.15, 0.2) is 0 Å². The van der Waals surface area contributed by atoms with Crippen molar-refractivity contribution in [2.75, 3.05) is 26.3 Å². The number of aryl methyl sites for hydroxylation is 1. The normalized spacial score (nSPS) is 17.1. The molecule has 4 nitrogen and oxygen atoms in total. The number of carbonyl (C=O) groups is 1. The SMILES string of the molecule is CCc1ccc(C2CN(C(=O)CCCOc3ccccc3)CCO2)cc1.